The quantitative estimate of drug-likeness (QED) is 0.292. The van der Waals surface area contributed by atoms with Crippen LogP contribution in [0.25, 0.3) is 0 Å². The van der Waals surface area contributed by atoms with Crippen LogP contribution in [0.2, 0.25) is 0 Å². The van der Waals surface area contributed by atoms with Gasteiger partial charge in [0.15, 0.2) is 5.84 Å². The number of carbonyl (C=O) groups excluding carboxylic acids is 1. The van der Waals surface area contributed by atoms with Crippen LogP contribution in [0.3, 0.4) is 0 Å². The number of piperidine rings is 1. The maximum absolute atomic E-state index is 12.6. The van der Waals surface area contributed by atoms with Crippen molar-refractivity contribution in [3.63, 3.8) is 0 Å². The average molecular weight is 269 g/mol. The molecule has 1 heterocycles. The number of aliphatic hydroxyl groups is 1. The van der Waals surface area contributed by atoms with Gasteiger partial charge < -0.3 is 20.9 Å². The van der Waals surface area contributed by atoms with Gasteiger partial charge in [-0.15, -0.1) is 0 Å². The molecular formula is C13H23N3O3. The van der Waals surface area contributed by atoms with Crippen molar-refractivity contribution in [1.82, 2.24) is 4.90 Å². The van der Waals surface area contributed by atoms with Crippen molar-refractivity contribution in [2.45, 2.75) is 39.2 Å². The van der Waals surface area contributed by atoms with Gasteiger partial charge in [0.2, 0.25) is 5.91 Å². The number of carbonyl (C=O) groups is 1. The molecule has 4 N–H and O–H groups in total. The lowest BCUT2D eigenvalue weighted by molar-refractivity contribution is -0.148. The molecule has 1 amide bonds. The molecule has 1 aliphatic carbocycles. The molecule has 0 radical (unpaired) electrons. The van der Waals surface area contributed by atoms with Gasteiger partial charge in [-0.05, 0) is 31.1 Å². The predicted molar refractivity (Wildman–Crippen MR) is 70.6 cm³/mol. The summed E-state index contributed by atoms with van der Waals surface area (Å²) in [5.41, 5.74) is 4.88. The Labute approximate surface area is 113 Å². The average Bonchev–Trinajstić information content (AvgIpc) is 2.36. The van der Waals surface area contributed by atoms with Gasteiger partial charge in [-0.25, -0.2) is 0 Å². The fraction of sp³-hybridized carbons (Fsp3) is 0.846. The molecule has 2 unspecified atom stereocenters. The van der Waals surface area contributed by atoms with Crippen molar-refractivity contribution in [3.8, 4) is 0 Å². The van der Waals surface area contributed by atoms with E-state index < -0.39 is 11.5 Å². The lowest BCUT2D eigenvalue weighted by atomic mass is 9.61. The van der Waals surface area contributed by atoms with Crippen LogP contribution in [0.5, 0.6) is 0 Å². The van der Waals surface area contributed by atoms with E-state index in [1.165, 1.54) is 0 Å². The Morgan fingerprint density at radius 2 is 2.05 bits per heavy atom. The fourth-order valence-electron chi connectivity index (χ4n) is 3.25. The van der Waals surface area contributed by atoms with Crippen molar-refractivity contribution in [1.29, 1.82) is 0 Å². The van der Waals surface area contributed by atoms with E-state index in [-0.39, 0.29) is 17.7 Å². The van der Waals surface area contributed by atoms with Crippen LogP contribution < -0.4 is 5.73 Å². The molecule has 0 aromatic carbocycles. The molecule has 6 nitrogen and oxygen atoms in total. The Kier molecular flexibility index (Phi) is 3.71. The molecule has 1 saturated carbocycles. The SMILES string of the molecule is CC1CC(C(=O)N2CCC(C)C(O)C2)(C(N)=NO)C1. The highest BCUT2D eigenvalue weighted by atomic mass is 16.4. The topological polar surface area (TPSA) is 99.2 Å². The number of nitrogens with two attached hydrogens (primary N) is 1. The van der Waals surface area contributed by atoms with Crippen molar-refractivity contribution >= 4 is 11.7 Å². The number of β-amino-alcohol motifs (C(OH)–C–C–N with tert-alkyl or cyclic N) is 1. The van der Waals surface area contributed by atoms with Gasteiger partial charge in [-0.3, -0.25) is 4.79 Å². The molecule has 0 aromatic rings. The minimum atomic E-state index is -0.853. The second-order valence-electron chi connectivity index (χ2n) is 6.17. The van der Waals surface area contributed by atoms with Gasteiger partial charge in [-0.2, -0.15) is 0 Å². The van der Waals surface area contributed by atoms with Gasteiger partial charge in [0, 0.05) is 13.1 Å². The highest BCUT2D eigenvalue weighted by Gasteiger charge is 2.54. The molecule has 0 spiro atoms. The van der Waals surface area contributed by atoms with Crippen LogP contribution in [0.4, 0.5) is 0 Å². The van der Waals surface area contributed by atoms with Crippen molar-refractivity contribution in [2.24, 2.45) is 28.1 Å². The monoisotopic (exact) mass is 269 g/mol. The summed E-state index contributed by atoms with van der Waals surface area (Å²) in [5, 5.41) is 21.9. The molecule has 2 atom stereocenters. The first kappa shape index (κ1) is 14.1. The van der Waals surface area contributed by atoms with Crippen LogP contribution >= 0.6 is 0 Å². The number of oxime groups is 1. The van der Waals surface area contributed by atoms with E-state index in [0.717, 1.165) is 6.42 Å². The third-order valence-corrected chi connectivity index (χ3v) is 4.61. The maximum Gasteiger partial charge on any atom is 0.236 e. The molecule has 2 aliphatic rings. The first-order chi connectivity index (χ1) is 8.90. The maximum atomic E-state index is 12.6. The fourth-order valence-corrected chi connectivity index (χ4v) is 3.25. The number of hydrogen-bond donors (Lipinski definition) is 3. The number of rotatable bonds is 2. The van der Waals surface area contributed by atoms with Gasteiger partial charge in [0.05, 0.1) is 6.10 Å². The highest BCUT2D eigenvalue weighted by molar-refractivity contribution is 6.07. The summed E-state index contributed by atoms with van der Waals surface area (Å²) in [6.45, 7) is 5.00. The second-order valence-corrected chi connectivity index (χ2v) is 6.17. The number of amidine groups is 1. The molecule has 108 valence electrons. The third-order valence-electron chi connectivity index (χ3n) is 4.61. The van der Waals surface area contributed by atoms with E-state index in [1.807, 2.05) is 13.8 Å². The van der Waals surface area contributed by atoms with Crippen molar-refractivity contribution in [3.05, 3.63) is 0 Å². The third kappa shape index (κ3) is 2.29. The second kappa shape index (κ2) is 5.00. The van der Waals surface area contributed by atoms with E-state index in [0.29, 0.717) is 31.8 Å². The summed E-state index contributed by atoms with van der Waals surface area (Å²) < 4.78 is 0. The molecule has 0 bridgehead atoms. The van der Waals surface area contributed by atoms with E-state index >= 15 is 0 Å². The minimum absolute atomic E-state index is 0.00344. The Hall–Kier alpha value is -1.30. The van der Waals surface area contributed by atoms with Crippen molar-refractivity contribution in [2.75, 3.05) is 13.1 Å². The zero-order chi connectivity index (χ0) is 14.2. The molecular weight excluding hydrogens is 246 g/mol. The molecule has 0 aromatic heterocycles. The predicted octanol–water partition coefficient (Wildman–Crippen LogP) is 0.378. The Morgan fingerprint density at radius 3 is 2.53 bits per heavy atom. The normalized spacial score (nSPS) is 39.8. The minimum Gasteiger partial charge on any atom is -0.409 e. The standard InChI is InChI=1S/C13H23N3O3/c1-8-5-13(6-8,11(14)15-19)12(18)16-4-3-9(2)10(17)7-16/h8-10,17,19H,3-7H2,1-2H3,(H2,14,15). The van der Waals surface area contributed by atoms with Crippen LogP contribution in [0.1, 0.15) is 33.1 Å². The van der Waals surface area contributed by atoms with Crippen LogP contribution in [-0.4, -0.2) is 46.1 Å². The molecule has 19 heavy (non-hydrogen) atoms. The summed E-state index contributed by atoms with van der Waals surface area (Å²) in [6.07, 6.45) is 1.53. The zero-order valence-electron chi connectivity index (χ0n) is 11.5. The van der Waals surface area contributed by atoms with Crippen LogP contribution in [-0.2, 0) is 4.79 Å². The van der Waals surface area contributed by atoms with Gasteiger partial charge in [-0.1, -0.05) is 19.0 Å². The van der Waals surface area contributed by atoms with E-state index in [4.69, 9.17) is 10.9 Å². The largest absolute Gasteiger partial charge is 0.409 e. The Bertz CT molecular complexity index is 391. The van der Waals surface area contributed by atoms with Gasteiger partial charge in [0.25, 0.3) is 0 Å². The first-order valence-corrected chi connectivity index (χ1v) is 6.86. The zero-order valence-corrected chi connectivity index (χ0v) is 11.5. The number of hydrogen-bond acceptors (Lipinski definition) is 4. The number of nitrogens with zero attached hydrogens (tertiary/aromatic N) is 2. The number of likely N-dealkylation sites (tertiary alicyclic amines) is 1. The Balaban J connectivity index is 2.13. The lowest BCUT2D eigenvalue weighted by Crippen LogP contribution is -2.60. The summed E-state index contributed by atoms with van der Waals surface area (Å²) in [6, 6.07) is 0. The number of amides is 1. The Morgan fingerprint density at radius 1 is 1.42 bits per heavy atom. The van der Waals surface area contributed by atoms with Crippen LogP contribution in [0.15, 0.2) is 5.16 Å². The van der Waals surface area contributed by atoms with Gasteiger partial charge >= 0.3 is 0 Å². The first-order valence-electron chi connectivity index (χ1n) is 6.86. The van der Waals surface area contributed by atoms with E-state index in [1.54, 1.807) is 4.90 Å². The van der Waals surface area contributed by atoms with Crippen LogP contribution in [0, 0.1) is 17.3 Å². The molecule has 2 rings (SSSR count). The summed E-state index contributed by atoms with van der Waals surface area (Å²) >= 11 is 0. The smallest absolute Gasteiger partial charge is 0.236 e. The molecule has 1 aliphatic heterocycles. The van der Waals surface area contributed by atoms with E-state index in [9.17, 15) is 9.90 Å². The molecule has 6 heteroatoms. The summed E-state index contributed by atoms with van der Waals surface area (Å²) in [4.78, 5) is 14.3. The van der Waals surface area contributed by atoms with Gasteiger partial charge in [0.1, 0.15) is 5.41 Å². The summed E-state index contributed by atoms with van der Waals surface area (Å²) in [7, 11) is 0. The molecule has 1 saturated heterocycles. The summed E-state index contributed by atoms with van der Waals surface area (Å²) in [5.74, 6) is 0.512. The molecule has 2 fully saturated rings. The number of aliphatic hydroxyl groups excluding tert-OH is 1. The lowest BCUT2D eigenvalue weighted by Gasteiger charge is -2.47. The van der Waals surface area contributed by atoms with Crippen molar-refractivity contribution < 1.29 is 15.1 Å². The highest BCUT2D eigenvalue weighted by Crippen LogP contribution is 2.47. The van der Waals surface area contributed by atoms with E-state index in [2.05, 4.69) is 5.16 Å².